The highest BCUT2D eigenvalue weighted by Crippen LogP contribution is 2.38. The van der Waals surface area contributed by atoms with E-state index in [4.69, 9.17) is 8.83 Å². The second-order valence-electron chi connectivity index (χ2n) is 7.37. The maximum absolute atomic E-state index is 13.3. The Morgan fingerprint density at radius 2 is 1.19 bits per heavy atom. The molecule has 0 saturated carbocycles. The minimum Gasteiger partial charge on any atom is -0.461 e. The van der Waals surface area contributed by atoms with Crippen LogP contribution >= 0.6 is 0 Å². The summed E-state index contributed by atoms with van der Waals surface area (Å²) in [6.07, 6.45) is 2.98. The third-order valence-electron chi connectivity index (χ3n) is 5.18. The molecule has 2 aromatic heterocycles. The third-order valence-corrected chi connectivity index (χ3v) is 5.18. The molecule has 7 nitrogen and oxygen atoms in total. The standard InChI is InChI=1S/C25H21NO6/c27-14-4-8-18-10-12-20(31-18)22-23(21-13-11-19(32-21)9-5-15-28)25(30)26(24(22)29)16-17-6-2-1-3-7-17/h1-3,6-7,10-15H,4-5,8-9,16H2. The van der Waals surface area contributed by atoms with Crippen molar-refractivity contribution in [1.82, 2.24) is 4.90 Å². The number of amides is 2. The first-order valence-corrected chi connectivity index (χ1v) is 10.3. The van der Waals surface area contributed by atoms with Crippen molar-refractivity contribution in [3.05, 3.63) is 83.2 Å². The molecule has 0 aliphatic carbocycles. The molecule has 7 heteroatoms. The monoisotopic (exact) mass is 431 g/mol. The van der Waals surface area contributed by atoms with Gasteiger partial charge in [-0.05, 0) is 29.8 Å². The van der Waals surface area contributed by atoms with E-state index in [9.17, 15) is 19.2 Å². The zero-order chi connectivity index (χ0) is 22.5. The number of imide groups is 1. The van der Waals surface area contributed by atoms with E-state index in [1.807, 2.05) is 30.3 Å². The molecule has 1 aromatic carbocycles. The number of hydrogen-bond acceptors (Lipinski definition) is 6. The summed E-state index contributed by atoms with van der Waals surface area (Å²) < 4.78 is 11.6. The van der Waals surface area contributed by atoms with Crippen LogP contribution in [0.2, 0.25) is 0 Å². The van der Waals surface area contributed by atoms with Gasteiger partial charge >= 0.3 is 0 Å². The third kappa shape index (κ3) is 4.23. The van der Waals surface area contributed by atoms with E-state index in [1.165, 1.54) is 4.90 Å². The summed E-state index contributed by atoms with van der Waals surface area (Å²) in [6.45, 7) is 0.114. The van der Waals surface area contributed by atoms with Gasteiger partial charge in [0.15, 0.2) is 0 Å². The van der Waals surface area contributed by atoms with Crippen molar-refractivity contribution in [2.24, 2.45) is 0 Å². The van der Waals surface area contributed by atoms with Crippen LogP contribution in [0.15, 0.2) is 63.4 Å². The molecule has 2 amide bonds. The zero-order valence-corrected chi connectivity index (χ0v) is 17.3. The lowest BCUT2D eigenvalue weighted by Crippen LogP contribution is -2.30. The second-order valence-corrected chi connectivity index (χ2v) is 7.37. The lowest BCUT2D eigenvalue weighted by Gasteiger charge is -2.14. The number of rotatable bonds is 10. The van der Waals surface area contributed by atoms with Crippen LogP contribution in [0.5, 0.6) is 0 Å². The number of hydrogen-bond donors (Lipinski definition) is 0. The van der Waals surface area contributed by atoms with Gasteiger partial charge in [-0.2, -0.15) is 0 Å². The summed E-state index contributed by atoms with van der Waals surface area (Å²) in [5.74, 6) is 0.645. The molecule has 1 aliphatic rings. The van der Waals surface area contributed by atoms with Gasteiger partial charge in [0, 0.05) is 25.7 Å². The van der Waals surface area contributed by atoms with E-state index in [-0.39, 0.29) is 29.2 Å². The molecule has 0 spiro atoms. The van der Waals surface area contributed by atoms with E-state index in [0.717, 1.165) is 18.1 Å². The van der Waals surface area contributed by atoms with Crippen molar-refractivity contribution in [3.8, 4) is 0 Å². The maximum Gasteiger partial charge on any atom is 0.265 e. The fraction of sp³-hybridized carbons (Fsp3) is 0.200. The molecule has 0 bridgehead atoms. The number of benzene rings is 1. The van der Waals surface area contributed by atoms with Gasteiger partial charge in [-0.1, -0.05) is 30.3 Å². The van der Waals surface area contributed by atoms with Gasteiger partial charge < -0.3 is 18.4 Å². The van der Waals surface area contributed by atoms with Crippen molar-refractivity contribution < 1.29 is 28.0 Å². The van der Waals surface area contributed by atoms with Crippen molar-refractivity contribution in [2.75, 3.05) is 0 Å². The van der Waals surface area contributed by atoms with Crippen LogP contribution in [0, 0.1) is 0 Å². The van der Waals surface area contributed by atoms with Gasteiger partial charge in [0.05, 0.1) is 17.7 Å². The highest BCUT2D eigenvalue weighted by atomic mass is 16.3. The smallest absolute Gasteiger partial charge is 0.265 e. The van der Waals surface area contributed by atoms with Crippen LogP contribution in [-0.2, 0) is 38.6 Å². The zero-order valence-electron chi connectivity index (χ0n) is 17.3. The van der Waals surface area contributed by atoms with Gasteiger partial charge in [-0.15, -0.1) is 0 Å². The fourth-order valence-corrected chi connectivity index (χ4v) is 3.64. The number of aryl methyl sites for hydroxylation is 2. The van der Waals surface area contributed by atoms with Gasteiger partial charge in [0.1, 0.15) is 35.6 Å². The van der Waals surface area contributed by atoms with Crippen LogP contribution in [0.25, 0.3) is 11.1 Å². The van der Waals surface area contributed by atoms with Crippen LogP contribution in [0.3, 0.4) is 0 Å². The summed E-state index contributed by atoms with van der Waals surface area (Å²) in [5.41, 5.74) is 1.06. The topological polar surface area (TPSA) is 97.8 Å². The van der Waals surface area contributed by atoms with Gasteiger partial charge in [-0.25, -0.2) is 0 Å². The first-order valence-electron chi connectivity index (χ1n) is 10.3. The Hall–Kier alpha value is -4.00. The largest absolute Gasteiger partial charge is 0.461 e. The number of carbonyl (C=O) groups excluding carboxylic acids is 4. The van der Waals surface area contributed by atoms with Crippen LogP contribution in [0.4, 0.5) is 0 Å². The number of furan rings is 2. The van der Waals surface area contributed by atoms with E-state index < -0.39 is 11.8 Å². The van der Waals surface area contributed by atoms with E-state index in [2.05, 4.69) is 0 Å². The van der Waals surface area contributed by atoms with Gasteiger partial charge in [-0.3, -0.25) is 14.5 Å². The van der Waals surface area contributed by atoms with Crippen molar-refractivity contribution in [3.63, 3.8) is 0 Å². The van der Waals surface area contributed by atoms with Gasteiger partial charge in [0.2, 0.25) is 0 Å². The van der Waals surface area contributed by atoms with E-state index >= 15 is 0 Å². The molecule has 0 unspecified atom stereocenters. The molecule has 0 N–H and O–H groups in total. The Morgan fingerprint density at radius 3 is 1.66 bits per heavy atom. The molecule has 3 heterocycles. The van der Waals surface area contributed by atoms with Gasteiger partial charge in [0.25, 0.3) is 11.8 Å². The van der Waals surface area contributed by atoms with E-state index in [1.54, 1.807) is 24.3 Å². The molecular weight excluding hydrogens is 410 g/mol. The molecule has 1 aliphatic heterocycles. The molecule has 0 radical (unpaired) electrons. The normalized spacial score (nSPS) is 13.8. The average Bonchev–Trinajstić information content (AvgIpc) is 3.52. The Kier molecular flexibility index (Phi) is 6.26. The molecule has 4 rings (SSSR count). The van der Waals surface area contributed by atoms with Crippen LogP contribution in [-0.4, -0.2) is 29.3 Å². The van der Waals surface area contributed by atoms with Crippen molar-refractivity contribution in [1.29, 1.82) is 0 Å². The molecule has 0 saturated heterocycles. The highest BCUT2D eigenvalue weighted by molar-refractivity contribution is 6.48. The molecule has 0 fully saturated rings. The molecule has 162 valence electrons. The molecule has 3 aromatic rings. The molecular formula is C25H21NO6. The Bertz CT molecular complexity index is 1110. The number of carbonyl (C=O) groups is 4. The summed E-state index contributed by atoms with van der Waals surface area (Å²) in [6, 6.07) is 15.9. The predicted octanol–water partition coefficient (Wildman–Crippen LogP) is 3.62. The lowest BCUT2D eigenvalue weighted by atomic mass is 10.1. The predicted molar refractivity (Wildman–Crippen MR) is 115 cm³/mol. The van der Waals surface area contributed by atoms with Crippen LogP contribution < -0.4 is 0 Å². The van der Waals surface area contributed by atoms with Crippen molar-refractivity contribution >= 4 is 35.5 Å². The number of nitrogens with zero attached hydrogens (tertiary/aromatic N) is 1. The highest BCUT2D eigenvalue weighted by Gasteiger charge is 2.42. The van der Waals surface area contributed by atoms with Crippen LogP contribution in [0.1, 0.15) is 41.4 Å². The first kappa shape index (κ1) is 21.2. The Labute approximate surface area is 184 Å². The second kappa shape index (κ2) is 9.43. The fourth-order valence-electron chi connectivity index (χ4n) is 3.64. The Morgan fingerprint density at radius 1 is 0.688 bits per heavy atom. The molecule has 32 heavy (non-hydrogen) atoms. The SMILES string of the molecule is O=CCCc1ccc(C2=C(c3ccc(CCC=O)o3)C(=O)N(Cc3ccccc3)C2=O)o1. The average molecular weight is 431 g/mol. The summed E-state index contributed by atoms with van der Waals surface area (Å²) in [5, 5.41) is 0. The lowest BCUT2D eigenvalue weighted by molar-refractivity contribution is -0.136. The number of aldehydes is 2. The minimum atomic E-state index is -0.476. The van der Waals surface area contributed by atoms with E-state index in [0.29, 0.717) is 37.2 Å². The van der Waals surface area contributed by atoms with Crippen molar-refractivity contribution in [2.45, 2.75) is 32.2 Å². The maximum atomic E-state index is 13.3. The minimum absolute atomic E-state index is 0.114. The summed E-state index contributed by atoms with van der Waals surface area (Å²) >= 11 is 0. The first-order chi connectivity index (χ1) is 15.6. The quantitative estimate of drug-likeness (QED) is 0.359. The summed E-state index contributed by atoms with van der Waals surface area (Å²) in [4.78, 5) is 49.2. The Balaban J connectivity index is 1.73. The summed E-state index contributed by atoms with van der Waals surface area (Å²) in [7, 11) is 0. The molecule has 0 atom stereocenters.